The van der Waals surface area contributed by atoms with Gasteiger partial charge in [-0.25, -0.2) is 0 Å². The molecule has 0 aliphatic rings. The summed E-state index contributed by atoms with van der Waals surface area (Å²) in [7, 11) is 0. The molecule has 0 saturated heterocycles. The second-order valence-corrected chi connectivity index (χ2v) is 8.90. The fraction of sp³-hybridized carbons (Fsp3) is 1.00. The van der Waals surface area contributed by atoms with Gasteiger partial charge in [-0.3, -0.25) is 0 Å². The summed E-state index contributed by atoms with van der Waals surface area (Å²) in [6, 6.07) is 0. The summed E-state index contributed by atoms with van der Waals surface area (Å²) in [6.45, 7) is 2.23. The summed E-state index contributed by atoms with van der Waals surface area (Å²) < 4.78 is 60.9. The zero-order valence-electron chi connectivity index (χ0n) is 7.92. The van der Waals surface area contributed by atoms with Crippen LogP contribution in [-0.4, -0.2) is 23.9 Å². The number of halogens is 7. The van der Waals surface area contributed by atoms with Gasteiger partial charge in [0.2, 0.25) is 0 Å². The number of hydrogen-bond donors (Lipinski definition) is 0. The van der Waals surface area contributed by atoms with E-state index >= 15 is 0 Å². The van der Waals surface area contributed by atoms with Gasteiger partial charge in [0.15, 0.2) is 0 Å². The van der Waals surface area contributed by atoms with Crippen molar-refractivity contribution in [2.24, 2.45) is 0 Å². The second kappa shape index (κ2) is 4.77. The summed E-state index contributed by atoms with van der Waals surface area (Å²) in [4.78, 5) is 0. The minimum atomic E-state index is -11.2. The van der Waals surface area contributed by atoms with Crippen LogP contribution >= 0.6 is 22.6 Å². The number of hydrogen-bond acceptors (Lipinski definition) is 0. The van der Waals surface area contributed by atoms with Gasteiger partial charge in [0.05, 0.1) is 0 Å². The summed E-state index contributed by atoms with van der Waals surface area (Å²) in [5.74, 6) is 0. The first-order valence-electron chi connectivity index (χ1n) is 3.49. The Morgan fingerprint density at radius 1 is 1.00 bits per heavy atom. The molecule has 0 heterocycles. The van der Waals surface area contributed by atoms with Crippen molar-refractivity contribution in [3.8, 4) is 0 Å². The van der Waals surface area contributed by atoms with Gasteiger partial charge in [0, 0.05) is 0 Å². The van der Waals surface area contributed by atoms with Crippen LogP contribution in [0.3, 0.4) is 0 Å². The minimum Gasteiger partial charge on any atom is 1.00 e. The van der Waals surface area contributed by atoms with Gasteiger partial charge in [-0.2, -0.15) is 0 Å². The summed E-state index contributed by atoms with van der Waals surface area (Å²) in [5, 5.41) is 0. The van der Waals surface area contributed by atoms with E-state index in [1.807, 2.05) is 0 Å². The average molecular weight is 435 g/mol. The second-order valence-electron chi connectivity index (χ2n) is 2.35. The zero-order valence-corrected chi connectivity index (χ0v) is 11.6. The summed E-state index contributed by atoms with van der Waals surface area (Å²) >= 11 is -8.84. The minimum absolute atomic E-state index is 0. The van der Waals surface area contributed by atoms with Gasteiger partial charge in [-0.15, -0.1) is 0 Å². The topological polar surface area (TPSA) is 0 Å². The Hall–Kier alpha value is 1.13. The molecule has 0 aromatic heterocycles. The number of unbranched alkanes of at least 4 members (excludes halogenated alkanes) is 2. The van der Waals surface area contributed by atoms with Crippen molar-refractivity contribution in [3.05, 3.63) is 0 Å². The molecule has 0 spiro atoms. The van der Waals surface area contributed by atoms with Gasteiger partial charge in [0.1, 0.15) is 0 Å². The molecule has 0 aliphatic heterocycles. The van der Waals surface area contributed by atoms with Crippen LogP contribution in [0, 0.1) is 0 Å². The van der Waals surface area contributed by atoms with Crippen molar-refractivity contribution in [1.29, 1.82) is 0 Å². The van der Waals surface area contributed by atoms with Crippen molar-refractivity contribution >= 4 is 42.1 Å². The van der Waals surface area contributed by atoms with Crippen LogP contribution in [0.25, 0.3) is 0 Å². The van der Waals surface area contributed by atoms with Crippen molar-refractivity contribution in [1.82, 2.24) is 0 Å². The molecule has 0 unspecified atom stereocenters. The third kappa shape index (κ3) is 95.4. The van der Waals surface area contributed by atoms with E-state index in [1.54, 1.807) is 0 Å². The molecule has 0 atom stereocenters. The third-order valence-corrected chi connectivity index (χ3v) is 1.50. The normalized spacial score (nSPS) is 16.6. The molecule has 0 fully saturated rings. The van der Waals surface area contributed by atoms with E-state index in [0.717, 1.165) is 0 Å². The fourth-order valence-electron chi connectivity index (χ4n) is 0.344. The fourth-order valence-corrected chi connectivity index (χ4v) is 0.884. The van der Waals surface area contributed by atoms with Crippen LogP contribution in [0.2, 0.25) is 0 Å². The molecule has 0 amide bonds. The van der Waals surface area contributed by atoms with E-state index < -0.39 is 19.5 Å². The van der Waals surface area contributed by atoms with E-state index in [-0.39, 0.29) is 1.43 Å². The van der Waals surface area contributed by atoms with Crippen LogP contribution in [0.5, 0.6) is 0 Å². The number of alkyl halides is 1. The molecule has 86 valence electrons. The zero-order chi connectivity index (χ0) is 11.2. The van der Waals surface area contributed by atoms with E-state index in [0.29, 0.717) is 0 Å². The summed E-state index contributed by atoms with van der Waals surface area (Å²) in [6.07, 6.45) is 4.16. The molecule has 0 radical (unpaired) electrons. The van der Waals surface area contributed by atoms with Crippen LogP contribution in [0.15, 0.2) is 0 Å². The molecule has 8 heteroatoms. The van der Waals surface area contributed by atoms with Gasteiger partial charge in [0.25, 0.3) is 0 Å². The Kier molecular flexibility index (Phi) is 6.07. The van der Waals surface area contributed by atoms with Gasteiger partial charge in [-0.1, -0.05) is 42.4 Å². The molecule has 0 aromatic rings. The van der Waals surface area contributed by atoms with Crippen molar-refractivity contribution in [2.75, 3.05) is 4.43 Å². The van der Waals surface area contributed by atoms with Gasteiger partial charge in [-0.05, 0) is 10.8 Å². The van der Waals surface area contributed by atoms with Crippen molar-refractivity contribution in [2.45, 2.75) is 26.2 Å². The smallest absolute Gasteiger partial charge is 1.00 e. The SMILES string of the molecule is CCCCCI.[F][Sb-]([F])([F])([F])([F])[F].[H+]. The molecule has 0 aliphatic carbocycles. The predicted octanol–water partition coefficient (Wildman–Crippen LogP) is 4.86. The first-order chi connectivity index (χ1) is 5.36. The molecular formula is C5H12F6ISb. The molecule has 0 N–H and O–H groups in total. The van der Waals surface area contributed by atoms with Crippen LogP contribution < -0.4 is 0 Å². The maximum Gasteiger partial charge on any atom is 1.00 e. The van der Waals surface area contributed by atoms with Crippen LogP contribution in [0.4, 0.5) is 16.9 Å². The van der Waals surface area contributed by atoms with E-state index in [9.17, 15) is 16.9 Å². The molecule has 0 saturated carbocycles. The van der Waals surface area contributed by atoms with E-state index in [4.69, 9.17) is 0 Å². The molecule has 0 rings (SSSR count). The molecule has 0 nitrogen and oxygen atoms in total. The molecule has 0 aromatic carbocycles. The quantitative estimate of drug-likeness (QED) is 0.195. The third-order valence-electron chi connectivity index (χ3n) is 0.737. The van der Waals surface area contributed by atoms with Crippen LogP contribution in [0.1, 0.15) is 27.6 Å². The Morgan fingerprint density at radius 2 is 1.31 bits per heavy atom. The van der Waals surface area contributed by atoms with Crippen molar-refractivity contribution in [3.63, 3.8) is 0 Å². The standard InChI is InChI=1S/C5H11I.6FH.Sb/c1-2-3-4-5-6;;;;;;;/h2-5H2,1H3;6*1H;/q;;;;;;;+5/p-5. The maximum absolute atomic E-state index is 11.2. The average Bonchev–Trinajstić information content (AvgIpc) is 1.76. The van der Waals surface area contributed by atoms with E-state index in [2.05, 4.69) is 29.5 Å². The van der Waals surface area contributed by atoms with Crippen LogP contribution in [-0.2, 0) is 0 Å². The summed E-state index contributed by atoms with van der Waals surface area (Å²) in [5.41, 5.74) is 0. The predicted molar refractivity (Wildman–Crippen MR) is 51.9 cm³/mol. The maximum atomic E-state index is 9.93. The Bertz CT molecular complexity index is 125. The molecule has 13 heavy (non-hydrogen) atoms. The Morgan fingerprint density at radius 3 is 1.38 bits per heavy atom. The largest absolute Gasteiger partial charge is 1.00 e. The molecule has 0 bridgehead atoms. The van der Waals surface area contributed by atoms with Gasteiger partial charge < -0.3 is 0 Å². The number of rotatable bonds is 3. The Labute approximate surface area is 90.6 Å². The first-order valence-corrected chi connectivity index (χ1v) is 10.8. The Balaban J connectivity index is -0.000000163. The van der Waals surface area contributed by atoms with E-state index in [1.165, 1.54) is 23.7 Å². The monoisotopic (exact) mass is 434 g/mol. The van der Waals surface area contributed by atoms with Crippen molar-refractivity contribution < 1.29 is 18.3 Å². The first kappa shape index (κ1) is 16.6. The van der Waals surface area contributed by atoms with Gasteiger partial charge >= 0.3 is 37.8 Å². The molecular weight excluding hydrogens is 423 g/mol.